The van der Waals surface area contributed by atoms with Crippen molar-refractivity contribution >= 4 is 19.5 Å². The highest BCUT2D eigenvalue weighted by Crippen LogP contribution is 1.98. The lowest BCUT2D eigenvalue weighted by Gasteiger charge is -2.09. The fourth-order valence-electron chi connectivity index (χ4n) is 1.04. The SMILES string of the molecule is CN[C@@H](Cc1ccccn1)C(=O)O.S. The predicted molar refractivity (Wildman–Crippen MR) is 58.8 cm³/mol. The van der Waals surface area contributed by atoms with E-state index < -0.39 is 12.0 Å². The van der Waals surface area contributed by atoms with Crippen LogP contribution >= 0.6 is 13.5 Å². The third-order valence-electron chi connectivity index (χ3n) is 1.79. The quantitative estimate of drug-likeness (QED) is 0.762. The summed E-state index contributed by atoms with van der Waals surface area (Å²) >= 11 is 0. The van der Waals surface area contributed by atoms with E-state index >= 15 is 0 Å². The van der Waals surface area contributed by atoms with E-state index in [1.54, 1.807) is 19.3 Å². The molecular weight excluding hydrogens is 200 g/mol. The van der Waals surface area contributed by atoms with Crippen LogP contribution < -0.4 is 5.32 Å². The van der Waals surface area contributed by atoms with Crippen molar-refractivity contribution in [3.8, 4) is 0 Å². The molecule has 0 radical (unpaired) electrons. The Balaban J connectivity index is 0.00000169. The first kappa shape index (κ1) is 12.9. The van der Waals surface area contributed by atoms with Crippen LogP contribution in [0.1, 0.15) is 5.69 Å². The van der Waals surface area contributed by atoms with Crippen molar-refractivity contribution in [2.24, 2.45) is 0 Å². The number of nitrogens with zero attached hydrogens (tertiary/aromatic N) is 1. The second kappa shape index (κ2) is 6.39. The van der Waals surface area contributed by atoms with E-state index in [0.29, 0.717) is 6.42 Å². The summed E-state index contributed by atoms with van der Waals surface area (Å²) in [5.74, 6) is -0.854. The van der Waals surface area contributed by atoms with Gasteiger partial charge in [-0.15, -0.1) is 0 Å². The fraction of sp³-hybridized carbons (Fsp3) is 0.333. The van der Waals surface area contributed by atoms with Gasteiger partial charge in [-0.2, -0.15) is 13.5 Å². The van der Waals surface area contributed by atoms with Crippen LogP contribution in [0.3, 0.4) is 0 Å². The molecule has 2 N–H and O–H groups in total. The first-order valence-corrected chi connectivity index (χ1v) is 4.04. The molecule has 0 spiro atoms. The third kappa shape index (κ3) is 3.76. The minimum Gasteiger partial charge on any atom is -0.480 e. The van der Waals surface area contributed by atoms with Gasteiger partial charge in [0.15, 0.2) is 0 Å². The van der Waals surface area contributed by atoms with Gasteiger partial charge in [-0.25, -0.2) is 0 Å². The van der Waals surface area contributed by atoms with Gasteiger partial charge in [-0.3, -0.25) is 9.78 Å². The van der Waals surface area contributed by atoms with Crippen LogP contribution in [0.2, 0.25) is 0 Å². The predicted octanol–water partition coefficient (Wildman–Crippen LogP) is 0.409. The zero-order valence-corrected chi connectivity index (χ0v) is 8.90. The molecule has 0 bridgehead atoms. The second-order valence-electron chi connectivity index (χ2n) is 2.70. The summed E-state index contributed by atoms with van der Waals surface area (Å²) in [5.41, 5.74) is 0.782. The van der Waals surface area contributed by atoms with Crippen molar-refractivity contribution in [3.05, 3.63) is 30.1 Å². The molecule has 1 aromatic rings. The number of carboxylic acid groups (broad SMARTS) is 1. The van der Waals surface area contributed by atoms with Gasteiger partial charge in [0, 0.05) is 18.3 Å². The summed E-state index contributed by atoms with van der Waals surface area (Å²) in [5, 5.41) is 11.5. The topological polar surface area (TPSA) is 62.2 Å². The Bertz CT molecular complexity index is 279. The Morgan fingerprint density at radius 2 is 2.36 bits per heavy atom. The Morgan fingerprint density at radius 1 is 1.64 bits per heavy atom. The molecule has 1 aromatic heterocycles. The van der Waals surface area contributed by atoms with Gasteiger partial charge in [0.2, 0.25) is 0 Å². The molecule has 1 heterocycles. The number of aromatic nitrogens is 1. The van der Waals surface area contributed by atoms with Gasteiger partial charge in [-0.1, -0.05) is 6.07 Å². The standard InChI is InChI=1S/C9H12N2O2.H2S/c1-10-8(9(12)13)6-7-4-2-3-5-11-7;/h2-5,8,10H,6H2,1H3,(H,12,13);1H2/t8-;/m0./s1. The van der Waals surface area contributed by atoms with Crippen molar-refractivity contribution in [2.75, 3.05) is 7.05 Å². The molecule has 0 amide bonds. The number of carboxylic acids is 1. The van der Waals surface area contributed by atoms with Crippen molar-refractivity contribution in [1.29, 1.82) is 0 Å². The van der Waals surface area contributed by atoms with Gasteiger partial charge in [-0.05, 0) is 19.2 Å². The summed E-state index contributed by atoms with van der Waals surface area (Å²) < 4.78 is 0. The molecule has 0 aliphatic carbocycles. The van der Waals surface area contributed by atoms with Crippen molar-refractivity contribution in [2.45, 2.75) is 12.5 Å². The molecular formula is C9H14N2O2S. The highest BCUT2D eigenvalue weighted by Gasteiger charge is 2.15. The van der Waals surface area contributed by atoms with E-state index in [4.69, 9.17) is 5.11 Å². The molecule has 0 saturated heterocycles. The minimum absolute atomic E-state index is 0. The molecule has 14 heavy (non-hydrogen) atoms. The van der Waals surface area contributed by atoms with E-state index in [1.165, 1.54) is 0 Å². The van der Waals surface area contributed by atoms with Crippen LogP contribution in [-0.2, 0) is 11.2 Å². The molecule has 0 aliphatic rings. The average molecular weight is 214 g/mol. The second-order valence-corrected chi connectivity index (χ2v) is 2.70. The van der Waals surface area contributed by atoms with Crippen molar-refractivity contribution in [1.82, 2.24) is 10.3 Å². The summed E-state index contributed by atoms with van der Waals surface area (Å²) in [7, 11) is 1.63. The number of rotatable bonds is 4. The fourth-order valence-corrected chi connectivity index (χ4v) is 1.04. The van der Waals surface area contributed by atoms with Gasteiger partial charge in [0.1, 0.15) is 6.04 Å². The molecule has 0 unspecified atom stereocenters. The van der Waals surface area contributed by atoms with Gasteiger partial charge >= 0.3 is 5.97 Å². The molecule has 78 valence electrons. The van der Waals surface area contributed by atoms with E-state index in [2.05, 4.69) is 10.3 Å². The average Bonchev–Trinajstić information content (AvgIpc) is 2.15. The molecule has 1 rings (SSSR count). The zero-order valence-electron chi connectivity index (χ0n) is 7.90. The molecule has 0 aliphatic heterocycles. The lowest BCUT2D eigenvalue weighted by Crippen LogP contribution is -2.35. The molecule has 0 aromatic carbocycles. The lowest BCUT2D eigenvalue weighted by atomic mass is 10.1. The van der Waals surface area contributed by atoms with Crippen LogP contribution in [-0.4, -0.2) is 29.1 Å². The number of aliphatic carboxylic acids is 1. The lowest BCUT2D eigenvalue weighted by molar-refractivity contribution is -0.139. The summed E-state index contributed by atoms with van der Waals surface area (Å²) in [6.07, 6.45) is 2.07. The normalized spacial score (nSPS) is 11.5. The maximum atomic E-state index is 10.6. The summed E-state index contributed by atoms with van der Waals surface area (Å²) in [4.78, 5) is 14.7. The first-order chi connectivity index (χ1) is 6.24. The van der Waals surface area contributed by atoms with Crippen LogP contribution in [0.5, 0.6) is 0 Å². The van der Waals surface area contributed by atoms with E-state index in [-0.39, 0.29) is 13.5 Å². The van der Waals surface area contributed by atoms with Crippen LogP contribution in [0.25, 0.3) is 0 Å². The smallest absolute Gasteiger partial charge is 0.321 e. The molecule has 1 atom stereocenters. The summed E-state index contributed by atoms with van der Waals surface area (Å²) in [6, 6.07) is 4.90. The van der Waals surface area contributed by atoms with E-state index in [9.17, 15) is 4.79 Å². The Labute approximate surface area is 89.8 Å². The number of hydrogen-bond donors (Lipinski definition) is 2. The van der Waals surface area contributed by atoms with Crippen molar-refractivity contribution in [3.63, 3.8) is 0 Å². The maximum Gasteiger partial charge on any atom is 0.321 e. The van der Waals surface area contributed by atoms with Crippen molar-refractivity contribution < 1.29 is 9.90 Å². The Morgan fingerprint density at radius 3 is 2.79 bits per heavy atom. The molecule has 0 fully saturated rings. The van der Waals surface area contributed by atoms with Crippen LogP contribution in [0, 0.1) is 0 Å². The van der Waals surface area contributed by atoms with E-state index in [0.717, 1.165) is 5.69 Å². The number of hydrogen-bond acceptors (Lipinski definition) is 3. The first-order valence-electron chi connectivity index (χ1n) is 4.04. The number of likely N-dealkylation sites (N-methyl/N-ethyl adjacent to an activating group) is 1. The number of nitrogens with one attached hydrogen (secondary N) is 1. The van der Waals surface area contributed by atoms with Crippen LogP contribution in [0.4, 0.5) is 0 Å². The van der Waals surface area contributed by atoms with Crippen LogP contribution in [0.15, 0.2) is 24.4 Å². The Hall–Kier alpha value is -1.07. The highest BCUT2D eigenvalue weighted by molar-refractivity contribution is 7.59. The largest absolute Gasteiger partial charge is 0.480 e. The van der Waals surface area contributed by atoms with Gasteiger partial charge < -0.3 is 10.4 Å². The Kier molecular flexibility index (Phi) is 5.91. The van der Waals surface area contributed by atoms with Gasteiger partial charge in [0.25, 0.3) is 0 Å². The zero-order chi connectivity index (χ0) is 9.68. The maximum absolute atomic E-state index is 10.6. The van der Waals surface area contributed by atoms with Gasteiger partial charge in [0.05, 0.1) is 0 Å². The van der Waals surface area contributed by atoms with E-state index in [1.807, 2.05) is 12.1 Å². The highest BCUT2D eigenvalue weighted by atomic mass is 32.1. The summed E-state index contributed by atoms with van der Waals surface area (Å²) in [6.45, 7) is 0. The number of carbonyl (C=O) groups is 1. The monoisotopic (exact) mass is 214 g/mol. The minimum atomic E-state index is -0.854. The third-order valence-corrected chi connectivity index (χ3v) is 1.79. The number of pyridine rings is 1. The molecule has 0 saturated carbocycles. The molecule has 4 nitrogen and oxygen atoms in total. The molecule has 5 heteroatoms.